The minimum absolute atomic E-state index is 0.402. The Hall–Kier alpha value is -1.42. The SMILES string of the molecule is CC(O)c1ccc2c(c1)sc1c3ccccc3sc21. The second kappa shape index (κ2) is 4.04. The Kier molecular flexibility index (Phi) is 2.42. The van der Waals surface area contributed by atoms with Gasteiger partial charge >= 0.3 is 0 Å². The maximum atomic E-state index is 9.69. The van der Waals surface area contributed by atoms with Crippen molar-refractivity contribution in [3.05, 3.63) is 48.0 Å². The molecular formula is C16H12OS2. The number of hydrogen-bond acceptors (Lipinski definition) is 3. The summed E-state index contributed by atoms with van der Waals surface area (Å²) < 4.78 is 5.37. The van der Waals surface area contributed by atoms with E-state index in [1.54, 1.807) is 0 Å². The number of benzene rings is 2. The fraction of sp³-hybridized carbons (Fsp3) is 0.125. The van der Waals surface area contributed by atoms with Gasteiger partial charge in [-0.3, -0.25) is 0 Å². The minimum atomic E-state index is -0.402. The Balaban J connectivity index is 2.12. The van der Waals surface area contributed by atoms with Crippen molar-refractivity contribution in [1.29, 1.82) is 0 Å². The van der Waals surface area contributed by atoms with E-state index in [1.165, 1.54) is 29.6 Å². The molecule has 0 aliphatic rings. The van der Waals surface area contributed by atoms with Crippen LogP contribution in [0.5, 0.6) is 0 Å². The monoisotopic (exact) mass is 284 g/mol. The molecule has 0 radical (unpaired) electrons. The van der Waals surface area contributed by atoms with Gasteiger partial charge < -0.3 is 5.11 Å². The van der Waals surface area contributed by atoms with Gasteiger partial charge in [-0.05, 0) is 24.6 Å². The first-order chi connectivity index (χ1) is 9.24. The third-order valence-electron chi connectivity index (χ3n) is 3.49. The van der Waals surface area contributed by atoms with Crippen LogP contribution in [0.2, 0.25) is 0 Å². The lowest BCUT2D eigenvalue weighted by Gasteiger charge is -2.03. The van der Waals surface area contributed by atoms with E-state index < -0.39 is 6.10 Å². The van der Waals surface area contributed by atoms with E-state index in [4.69, 9.17) is 0 Å². The van der Waals surface area contributed by atoms with Crippen LogP contribution in [0.25, 0.3) is 29.6 Å². The van der Waals surface area contributed by atoms with Crippen molar-refractivity contribution in [2.75, 3.05) is 0 Å². The van der Waals surface area contributed by atoms with Crippen LogP contribution in [0.1, 0.15) is 18.6 Å². The Bertz CT molecular complexity index is 899. The van der Waals surface area contributed by atoms with Gasteiger partial charge in [-0.15, -0.1) is 22.7 Å². The van der Waals surface area contributed by atoms with Crippen molar-refractivity contribution in [2.24, 2.45) is 0 Å². The van der Waals surface area contributed by atoms with Gasteiger partial charge in [-0.25, -0.2) is 0 Å². The molecule has 1 nitrogen and oxygen atoms in total. The van der Waals surface area contributed by atoms with E-state index in [-0.39, 0.29) is 0 Å². The number of thiophene rings is 2. The van der Waals surface area contributed by atoms with Gasteiger partial charge in [0, 0.05) is 20.2 Å². The number of aliphatic hydroxyl groups is 1. The summed E-state index contributed by atoms with van der Waals surface area (Å²) in [6.07, 6.45) is -0.402. The van der Waals surface area contributed by atoms with E-state index >= 15 is 0 Å². The third kappa shape index (κ3) is 1.62. The largest absolute Gasteiger partial charge is 0.389 e. The van der Waals surface area contributed by atoms with Crippen molar-refractivity contribution in [3.8, 4) is 0 Å². The van der Waals surface area contributed by atoms with Crippen LogP contribution in [0.15, 0.2) is 42.5 Å². The number of fused-ring (bicyclic) bond motifs is 5. The number of aliphatic hydroxyl groups excluding tert-OH is 1. The summed E-state index contributed by atoms with van der Waals surface area (Å²) in [5.74, 6) is 0. The summed E-state index contributed by atoms with van der Waals surface area (Å²) >= 11 is 3.69. The third-order valence-corrected chi connectivity index (χ3v) is 6.01. The Morgan fingerprint density at radius 1 is 0.895 bits per heavy atom. The van der Waals surface area contributed by atoms with Crippen LogP contribution in [-0.2, 0) is 0 Å². The molecule has 0 fully saturated rings. The molecule has 0 saturated heterocycles. The fourth-order valence-corrected chi connectivity index (χ4v) is 5.18. The molecule has 2 heterocycles. The molecule has 4 aromatic rings. The van der Waals surface area contributed by atoms with Crippen LogP contribution in [0, 0.1) is 0 Å². The number of hydrogen-bond donors (Lipinski definition) is 1. The quantitative estimate of drug-likeness (QED) is 0.501. The highest BCUT2D eigenvalue weighted by atomic mass is 32.1. The van der Waals surface area contributed by atoms with E-state index in [9.17, 15) is 5.11 Å². The van der Waals surface area contributed by atoms with Crippen LogP contribution in [0.4, 0.5) is 0 Å². The van der Waals surface area contributed by atoms with Crippen molar-refractivity contribution < 1.29 is 5.11 Å². The highest BCUT2D eigenvalue weighted by molar-refractivity contribution is 7.36. The number of rotatable bonds is 1. The van der Waals surface area contributed by atoms with Gasteiger partial charge in [-0.2, -0.15) is 0 Å². The maximum Gasteiger partial charge on any atom is 0.0762 e. The molecule has 94 valence electrons. The van der Waals surface area contributed by atoms with Crippen molar-refractivity contribution >= 4 is 52.2 Å². The summed E-state index contributed by atoms with van der Waals surface area (Å²) in [6.45, 7) is 1.81. The molecule has 0 amide bonds. The van der Waals surface area contributed by atoms with E-state index in [0.717, 1.165) is 5.56 Å². The lowest BCUT2D eigenvalue weighted by atomic mass is 10.1. The molecule has 0 spiro atoms. The zero-order chi connectivity index (χ0) is 13.0. The summed E-state index contributed by atoms with van der Waals surface area (Å²) in [6, 6.07) is 14.9. The second-order valence-electron chi connectivity index (χ2n) is 4.79. The highest BCUT2D eigenvalue weighted by Crippen LogP contribution is 2.44. The van der Waals surface area contributed by atoms with Crippen molar-refractivity contribution in [3.63, 3.8) is 0 Å². The Labute approximate surface area is 118 Å². The van der Waals surface area contributed by atoms with Gasteiger partial charge in [0.15, 0.2) is 0 Å². The molecule has 2 aromatic carbocycles. The van der Waals surface area contributed by atoms with Gasteiger partial charge in [0.25, 0.3) is 0 Å². The molecule has 4 rings (SSSR count). The summed E-state index contributed by atoms with van der Waals surface area (Å²) in [5, 5.41) is 12.3. The topological polar surface area (TPSA) is 20.2 Å². The van der Waals surface area contributed by atoms with Crippen LogP contribution in [0.3, 0.4) is 0 Å². The van der Waals surface area contributed by atoms with Crippen LogP contribution >= 0.6 is 22.7 Å². The average Bonchev–Trinajstić information content (AvgIpc) is 2.93. The molecule has 2 aromatic heterocycles. The Morgan fingerprint density at radius 3 is 2.37 bits per heavy atom. The zero-order valence-electron chi connectivity index (χ0n) is 10.4. The van der Waals surface area contributed by atoms with Crippen LogP contribution in [-0.4, -0.2) is 5.11 Å². The normalized spacial score (nSPS) is 13.6. The molecule has 0 bridgehead atoms. The molecule has 0 saturated carbocycles. The van der Waals surface area contributed by atoms with Crippen molar-refractivity contribution in [1.82, 2.24) is 0 Å². The first-order valence-corrected chi connectivity index (χ1v) is 7.89. The van der Waals surface area contributed by atoms with E-state index in [2.05, 4.69) is 36.4 Å². The molecular weight excluding hydrogens is 272 g/mol. The first-order valence-electron chi connectivity index (χ1n) is 6.26. The lowest BCUT2D eigenvalue weighted by molar-refractivity contribution is 0.199. The molecule has 1 atom stereocenters. The molecule has 1 unspecified atom stereocenters. The zero-order valence-corrected chi connectivity index (χ0v) is 12.0. The van der Waals surface area contributed by atoms with Gasteiger partial charge in [0.2, 0.25) is 0 Å². The first kappa shape index (κ1) is 11.4. The summed E-state index contributed by atoms with van der Waals surface area (Å²) in [4.78, 5) is 0. The fourth-order valence-electron chi connectivity index (χ4n) is 2.48. The average molecular weight is 284 g/mol. The lowest BCUT2D eigenvalue weighted by Crippen LogP contribution is -1.88. The summed E-state index contributed by atoms with van der Waals surface area (Å²) in [7, 11) is 0. The standard InChI is InChI=1S/C16H12OS2/c1-9(17)10-6-7-12-14(8-10)19-15-11-4-2-3-5-13(11)18-16(12)15/h2-9,17H,1H3. The van der Waals surface area contributed by atoms with Gasteiger partial charge in [0.1, 0.15) is 0 Å². The molecule has 3 heteroatoms. The minimum Gasteiger partial charge on any atom is -0.389 e. The van der Waals surface area contributed by atoms with Crippen LogP contribution < -0.4 is 0 Å². The van der Waals surface area contributed by atoms with Gasteiger partial charge in [-0.1, -0.05) is 30.3 Å². The summed E-state index contributed by atoms with van der Waals surface area (Å²) in [5.41, 5.74) is 0.991. The smallest absolute Gasteiger partial charge is 0.0762 e. The van der Waals surface area contributed by atoms with E-state index in [1.807, 2.05) is 35.7 Å². The predicted octanol–water partition coefficient (Wildman–Crippen LogP) is 5.32. The highest BCUT2D eigenvalue weighted by Gasteiger charge is 2.12. The maximum absolute atomic E-state index is 9.69. The molecule has 1 N–H and O–H groups in total. The second-order valence-corrected chi connectivity index (χ2v) is 6.89. The van der Waals surface area contributed by atoms with Gasteiger partial charge in [0.05, 0.1) is 15.5 Å². The van der Waals surface area contributed by atoms with E-state index in [0.29, 0.717) is 0 Å². The Morgan fingerprint density at radius 2 is 1.58 bits per heavy atom. The predicted molar refractivity (Wildman–Crippen MR) is 85.3 cm³/mol. The molecule has 0 aliphatic heterocycles. The van der Waals surface area contributed by atoms with Crippen molar-refractivity contribution in [2.45, 2.75) is 13.0 Å². The molecule has 19 heavy (non-hydrogen) atoms. The molecule has 0 aliphatic carbocycles.